The van der Waals surface area contributed by atoms with E-state index in [2.05, 4.69) is 264 Å². The molecule has 0 spiro atoms. The third-order valence-corrected chi connectivity index (χ3v) is 12.7. The summed E-state index contributed by atoms with van der Waals surface area (Å²) in [6, 6.07) is 44.0. The lowest BCUT2D eigenvalue weighted by Crippen LogP contribution is -2.11. The van der Waals surface area contributed by atoms with E-state index in [1.807, 2.05) is 32.3 Å². The fourth-order valence-corrected chi connectivity index (χ4v) is 8.38. The molecular weight excluding hydrogens is 1200 g/mol. The second-order valence-electron chi connectivity index (χ2n) is 16.1. The van der Waals surface area contributed by atoms with Gasteiger partial charge >= 0.3 is 0 Å². The summed E-state index contributed by atoms with van der Waals surface area (Å²) in [6.07, 6.45) is 15.8. The number of hydrogen-bond acceptors (Lipinski definition) is 8. The van der Waals surface area contributed by atoms with Crippen LogP contribution in [0, 0.1) is 10.7 Å². The summed E-state index contributed by atoms with van der Waals surface area (Å²) < 4.78 is 31.5. The van der Waals surface area contributed by atoms with Crippen LogP contribution in [0.5, 0.6) is 17.2 Å². The lowest BCUT2D eigenvalue weighted by molar-refractivity contribution is 0.0365. The second-order valence-corrected chi connectivity index (χ2v) is 19.6. The minimum absolute atomic E-state index is 0.538. The van der Waals surface area contributed by atoms with Gasteiger partial charge < -0.3 is 39.2 Å². The van der Waals surface area contributed by atoms with Crippen LogP contribution in [0.15, 0.2) is 127 Å². The van der Waals surface area contributed by atoms with Crippen molar-refractivity contribution in [3.8, 4) is 17.2 Å². The van der Waals surface area contributed by atoms with Gasteiger partial charge in [-0.25, -0.2) is 0 Å². The average molecular weight is 1270 g/mol. The topological polar surface area (TPSA) is 73.5 Å². The summed E-state index contributed by atoms with van der Waals surface area (Å²) >= 11 is 6.95. The minimum atomic E-state index is 0.538. The molecule has 2 N–H and O–H groups in total. The maximum atomic E-state index is 5.80. The van der Waals surface area contributed by atoms with Gasteiger partial charge in [0.25, 0.3) is 0 Å². The van der Waals surface area contributed by atoms with Crippen LogP contribution in [-0.2, 0) is 9.47 Å². The highest BCUT2D eigenvalue weighted by Gasteiger charge is 2.04. The van der Waals surface area contributed by atoms with Gasteiger partial charge in [-0.3, -0.25) is 0 Å². The molecule has 0 aromatic heterocycles. The lowest BCUT2D eigenvalue weighted by atomic mass is 10.1. The molecule has 11 heteroatoms. The number of anilines is 3. The normalized spacial score (nSPS) is 10.9. The average Bonchev–Trinajstić information content (AvgIpc) is 3.38. The van der Waals surface area contributed by atoms with Crippen LogP contribution in [0.2, 0.25) is 0 Å². The van der Waals surface area contributed by atoms with E-state index in [1.165, 1.54) is 33.5 Å². The first-order valence-corrected chi connectivity index (χ1v) is 27.1. The van der Waals surface area contributed by atoms with Gasteiger partial charge in [-0.2, -0.15) is 0 Å². The van der Waals surface area contributed by atoms with Crippen LogP contribution >= 0.6 is 67.8 Å². The van der Waals surface area contributed by atoms with Crippen molar-refractivity contribution in [1.29, 1.82) is 0 Å². The predicted molar refractivity (Wildman–Crippen MR) is 326 cm³/mol. The molecule has 70 heavy (non-hydrogen) atoms. The number of nitrogens with zero attached hydrogens (tertiary/aromatic N) is 1. The van der Waals surface area contributed by atoms with Gasteiger partial charge in [0.15, 0.2) is 0 Å². The number of ether oxygens (including phenoxy) is 5. The fourth-order valence-electron chi connectivity index (χ4n) is 6.30. The van der Waals surface area contributed by atoms with Crippen molar-refractivity contribution in [2.45, 2.75) is 40.0 Å². The molecule has 0 aliphatic heterocycles. The monoisotopic (exact) mass is 1270 g/mol. The molecule has 8 nitrogen and oxygen atoms in total. The molecule has 0 heterocycles. The molecule has 0 saturated carbocycles. The summed E-state index contributed by atoms with van der Waals surface area (Å²) in [5, 5.41) is 6.24. The van der Waals surface area contributed by atoms with Crippen LogP contribution in [-0.4, -0.2) is 74.4 Å². The summed E-state index contributed by atoms with van der Waals surface area (Å²) in [7, 11) is 7.95. The smallest absolute Gasteiger partial charge is 0.132 e. The number of halogens is 3. The summed E-state index contributed by atoms with van der Waals surface area (Å²) in [6.45, 7) is 11.0. The van der Waals surface area contributed by atoms with Crippen molar-refractivity contribution in [2.75, 3.05) is 90.0 Å². The lowest BCUT2D eigenvalue weighted by Gasteiger charge is -2.11. The largest absolute Gasteiger partial charge is 0.492 e. The fraction of sp³-hybridized carbons (Fsp3) is 0.288. The van der Waals surface area contributed by atoms with Gasteiger partial charge in [-0.05, 0) is 193 Å². The first-order chi connectivity index (χ1) is 34.0. The Morgan fingerprint density at radius 3 is 1.01 bits per heavy atom. The zero-order valence-corrected chi connectivity index (χ0v) is 48.3. The van der Waals surface area contributed by atoms with Crippen molar-refractivity contribution in [3.63, 3.8) is 0 Å². The Morgan fingerprint density at radius 1 is 0.386 bits per heavy atom. The molecule has 6 aromatic rings. The van der Waals surface area contributed by atoms with Crippen LogP contribution in [0.3, 0.4) is 0 Å². The van der Waals surface area contributed by atoms with E-state index in [9.17, 15) is 0 Å². The second kappa shape index (κ2) is 33.9. The maximum Gasteiger partial charge on any atom is 0.132 e. The van der Waals surface area contributed by atoms with Crippen LogP contribution in [0.1, 0.15) is 73.4 Å². The molecule has 6 aromatic carbocycles. The minimum Gasteiger partial charge on any atom is -0.492 e. The van der Waals surface area contributed by atoms with Crippen LogP contribution in [0.25, 0.3) is 36.5 Å². The highest BCUT2D eigenvalue weighted by atomic mass is 123. The molecule has 0 radical (unpaired) electrons. The summed E-state index contributed by atoms with van der Waals surface area (Å²) in [5.74, 6) is 2.82. The van der Waals surface area contributed by atoms with Crippen molar-refractivity contribution in [1.82, 2.24) is 0 Å². The zero-order valence-electron chi connectivity index (χ0n) is 41.8. The van der Waals surface area contributed by atoms with Gasteiger partial charge in [0, 0.05) is 51.9 Å². The van der Waals surface area contributed by atoms with E-state index in [1.54, 1.807) is 0 Å². The quantitative estimate of drug-likeness (QED) is 0.0353. The van der Waals surface area contributed by atoms with Crippen LogP contribution in [0.4, 0.5) is 17.1 Å². The number of nitrogens with one attached hydrogen (secondary N) is 2. The molecule has 6 rings (SSSR count). The highest BCUT2D eigenvalue weighted by Crippen LogP contribution is 2.26. The van der Waals surface area contributed by atoms with Gasteiger partial charge in [-0.15, -0.1) is 0 Å². The molecule has 0 amide bonds. The Morgan fingerprint density at radius 2 is 0.686 bits per heavy atom. The Balaban J connectivity index is 0.000000231. The van der Waals surface area contributed by atoms with Crippen molar-refractivity contribution < 1.29 is 23.7 Å². The Labute approximate surface area is 459 Å². The van der Waals surface area contributed by atoms with E-state index < -0.39 is 0 Å². The Bertz CT molecular complexity index is 2490. The molecule has 0 aliphatic rings. The summed E-state index contributed by atoms with van der Waals surface area (Å²) in [5.41, 5.74) is 10.5. The highest BCUT2D eigenvalue weighted by molar-refractivity contribution is 14.1. The molecule has 0 bridgehead atoms. The number of rotatable bonds is 24. The van der Waals surface area contributed by atoms with Crippen molar-refractivity contribution in [2.24, 2.45) is 0 Å². The zero-order chi connectivity index (χ0) is 50.4. The maximum absolute atomic E-state index is 5.80. The van der Waals surface area contributed by atoms with E-state index in [0.717, 1.165) is 84.0 Å². The molecule has 0 unspecified atom stereocenters. The van der Waals surface area contributed by atoms with Crippen LogP contribution < -0.4 is 29.7 Å². The SMILES string of the molecule is CCCOCCOCCOc1ccc(/C=C/c2ccc(NC)cc2)cc1[123I].CCCOc1ccc(/C=C/c2ccc(N(C)C)cc2)cc1[123I].CCCOc1ccc(/C=C/c2ccc(NC)cc2)cc1[123I]. The Kier molecular flexibility index (Phi) is 28.1. The first kappa shape index (κ1) is 58.0. The van der Waals surface area contributed by atoms with E-state index in [-0.39, 0.29) is 0 Å². The third kappa shape index (κ3) is 22.3. The Hall–Kier alpha value is -4.55. The molecule has 0 aliphatic carbocycles. The molecule has 0 fully saturated rings. The third-order valence-electron chi connectivity index (χ3n) is 10.2. The molecular formula is C59H70I3N3O5. The number of benzene rings is 6. The predicted octanol–water partition coefficient (Wildman–Crippen LogP) is 15.9. The van der Waals surface area contributed by atoms with Crippen molar-refractivity contribution in [3.05, 3.63) is 171 Å². The number of hydrogen-bond donors (Lipinski definition) is 2. The van der Waals surface area contributed by atoms with E-state index >= 15 is 0 Å². The van der Waals surface area contributed by atoms with Gasteiger partial charge in [-0.1, -0.05) is 112 Å². The summed E-state index contributed by atoms with van der Waals surface area (Å²) in [4.78, 5) is 2.10. The molecule has 372 valence electrons. The molecule has 0 atom stereocenters. The van der Waals surface area contributed by atoms with E-state index in [0.29, 0.717) is 26.4 Å². The molecule has 0 saturated heterocycles. The van der Waals surface area contributed by atoms with Crippen molar-refractivity contribution >= 4 is 121 Å². The van der Waals surface area contributed by atoms with Gasteiger partial charge in [0.1, 0.15) is 23.9 Å². The van der Waals surface area contributed by atoms with Gasteiger partial charge in [0.2, 0.25) is 0 Å². The van der Waals surface area contributed by atoms with E-state index in [4.69, 9.17) is 23.7 Å². The van der Waals surface area contributed by atoms with Gasteiger partial charge in [0.05, 0.1) is 43.7 Å². The first-order valence-electron chi connectivity index (χ1n) is 23.8. The standard InChI is InChI=1S/C22H28INO3.C19H22INO.C18H20INO/c1-3-12-25-13-14-26-15-16-27-22-11-8-19(17-21(22)23)5-4-18-6-9-20(24-2)10-7-18;1-4-13-22-19-12-9-16(14-18(19)20)6-5-15-7-10-17(11-8-15)21(2)3;1-3-12-21-18-11-8-15(13-17(18)19)5-4-14-6-9-16(20-2)10-7-14/h4-11,17,24H,3,12-16H2,1-2H3;5-12,14H,4,13H2,1-3H3;4-11,13,20H,3,12H2,1-2H3/b5-4+;6-5+;5-4+/i23-4;20-4;19-4.